The summed E-state index contributed by atoms with van der Waals surface area (Å²) in [6, 6.07) is 5.65. The largest absolute Gasteiger partial charge is 0.481 e. The molecule has 1 N–H and O–H groups in total. The van der Waals surface area contributed by atoms with Gasteiger partial charge >= 0.3 is 5.97 Å². The first-order chi connectivity index (χ1) is 9.41. The fourth-order valence-corrected chi connectivity index (χ4v) is 2.66. The van der Waals surface area contributed by atoms with E-state index in [0.29, 0.717) is 19.4 Å². The summed E-state index contributed by atoms with van der Waals surface area (Å²) >= 11 is 0. The maximum Gasteiger partial charge on any atom is 0.311 e. The second-order valence-corrected chi connectivity index (χ2v) is 5.34. The second-order valence-electron chi connectivity index (χ2n) is 5.34. The molecule has 1 amide bonds. The minimum atomic E-state index is -0.826. The molecule has 0 saturated heterocycles. The Balaban J connectivity index is 2.58. The Labute approximate surface area is 118 Å². The summed E-state index contributed by atoms with van der Waals surface area (Å²) in [6.45, 7) is 2.10. The van der Waals surface area contributed by atoms with Crippen LogP contribution in [0.25, 0.3) is 0 Å². The van der Waals surface area contributed by atoms with Gasteiger partial charge in [-0.25, -0.2) is 0 Å². The number of nitrogens with zero attached hydrogens (tertiary/aromatic N) is 2. The van der Waals surface area contributed by atoms with Crippen LogP contribution in [0.15, 0.2) is 18.2 Å². The van der Waals surface area contributed by atoms with E-state index in [0.717, 1.165) is 16.9 Å². The van der Waals surface area contributed by atoms with Crippen LogP contribution in [0.3, 0.4) is 0 Å². The molecule has 0 aliphatic carbocycles. The third kappa shape index (κ3) is 2.61. The van der Waals surface area contributed by atoms with Crippen LogP contribution < -0.4 is 9.80 Å². The van der Waals surface area contributed by atoms with E-state index in [1.807, 2.05) is 37.2 Å². The van der Waals surface area contributed by atoms with Crippen LogP contribution in [0.1, 0.15) is 31.2 Å². The van der Waals surface area contributed by atoms with Crippen LogP contribution in [0.5, 0.6) is 0 Å². The Morgan fingerprint density at radius 3 is 2.60 bits per heavy atom. The van der Waals surface area contributed by atoms with Gasteiger partial charge in [0.05, 0.1) is 5.92 Å². The average Bonchev–Trinajstić information content (AvgIpc) is 2.56. The van der Waals surface area contributed by atoms with E-state index in [2.05, 4.69) is 0 Å². The molecular formula is C15H20N2O3. The third-order valence-electron chi connectivity index (χ3n) is 3.75. The van der Waals surface area contributed by atoms with E-state index in [1.54, 1.807) is 4.90 Å². The number of carboxylic acid groups (broad SMARTS) is 1. The minimum Gasteiger partial charge on any atom is -0.481 e. The first-order valence-electron chi connectivity index (χ1n) is 6.74. The molecule has 1 unspecified atom stereocenters. The van der Waals surface area contributed by atoms with Gasteiger partial charge < -0.3 is 14.9 Å². The lowest BCUT2D eigenvalue weighted by Gasteiger charge is -2.24. The number of aliphatic carboxylic acids is 1. The zero-order valence-corrected chi connectivity index (χ0v) is 12.1. The Morgan fingerprint density at radius 1 is 1.35 bits per heavy atom. The highest BCUT2D eigenvalue weighted by Crippen LogP contribution is 2.37. The van der Waals surface area contributed by atoms with Crippen molar-refractivity contribution in [3.8, 4) is 0 Å². The van der Waals surface area contributed by atoms with Crippen LogP contribution in [0, 0.1) is 0 Å². The molecule has 0 bridgehead atoms. The Hall–Kier alpha value is -2.04. The molecular weight excluding hydrogens is 256 g/mol. The molecule has 20 heavy (non-hydrogen) atoms. The molecule has 1 aromatic rings. The SMILES string of the molecule is CC(=O)N1CCCC(C(=O)O)c2cc(N(C)C)ccc21. The summed E-state index contributed by atoms with van der Waals surface area (Å²) in [5.74, 6) is -1.42. The molecule has 0 spiro atoms. The molecule has 1 atom stereocenters. The maximum atomic E-state index is 11.8. The molecule has 0 saturated carbocycles. The number of carbonyl (C=O) groups is 2. The van der Waals surface area contributed by atoms with E-state index in [-0.39, 0.29) is 5.91 Å². The van der Waals surface area contributed by atoms with Crippen LogP contribution in [-0.4, -0.2) is 37.6 Å². The van der Waals surface area contributed by atoms with Gasteiger partial charge in [-0.2, -0.15) is 0 Å². The van der Waals surface area contributed by atoms with Crippen molar-refractivity contribution >= 4 is 23.3 Å². The number of hydrogen-bond acceptors (Lipinski definition) is 3. The van der Waals surface area contributed by atoms with Crippen LogP contribution >= 0.6 is 0 Å². The van der Waals surface area contributed by atoms with Gasteiger partial charge in [-0.1, -0.05) is 0 Å². The highest BCUT2D eigenvalue weighted by molar-refractivity contribution is 5.94. The van der Waals surface area contributed by atoms with Gasteiger partial charge in [-0.05, 0) is 36.6 Å². The van der Waals surface area contributed by atoms with Crippen LogP contribution in [0.2, 0.25) is 0 Å². The van der Waals surface area contributed by atoms with E-state index < -0.39 is 11.9 Å². The van der Waals surface area contributed by atoms with Gasteiger partial charge in [0, 0.05) is 38.9 Å². The highest BCUT2D eigenvalue weighted by atomic mass is 16.4. The van der Waals surface area contributed by atoms with E-state index in [1.165, 1.54) is 6.92 Å². The van der Waals surface area contributed by atoms with Gasteiger partial charge in [0.25, 0.3) is 0 Å². The van der Waals surface area contributed by atoms with Crippen LogP contribution in [0.4, 0.5) is 11.4 Å². The number of carboxylic acids is 1. The standard InChI is InChI=1S/C15H20N2O3/c1-10(18)17-8-4-5-12(15(19)20)13-9-11(16(2)3)6-7-14(13)17/h6-7,9,12H,4-5,8H2,1-3H3,(H,19,20). The lowest BCUT2D eigenvalue weighted by Crippen LogP contribution is -2.29. The predicted octanol–water partition coefficient (Wildman–Crippen LogP) is 2.07. The van der Waals surface area contributed by atoms with Crippen molar-refractivity contribution < 1.29 is 14.7 Å². The average molecular weight is 276 g/mol. The van der Waals surface area contributed by atoms with Gasteiger partial charge in [0.2, 0.25) is 5.91 Å². The second kappa shape index (κ2) is 5.53. The molecule has 1 heterocycles. The highest BCUT2D eigenvalue weighted by Gasteiger charge is 2.29. The maximum absolute atomic E-state index is 11.8. The lowest BCUT2D eigenvalue weighted by molar-refractivity contribution is -0.139. The smallest absolute Gasteiger partial charge is 0.311 e. The molecule has 2 rings (SSSR count). The number of anilines is 2. The molecule has 5 nitrogen and oxygen atoms in total. The number of hydrogen-bond donors (Lipinski definition) is 1. The van der Waals surface area contributed by atoms with Crippen molar-refractivity contribution in [2.24, 2.45) is 0 Å². The van der Waals surface area contributed by atoms with E-state index in [9.17, 15) is 14.7 Å². The first-order valence-corrected chi connectivity index (χ1v) is 6.74. The fourth-order valence-electron chi connectivity index (χ4n) is 2.66. The number of rotatable bonds is 2. The van der Waals surface area contributed by atoms with Gasteiger partial charge in [0.15, 0.2) is 0 Å². The van der Waals surface area contributed by atoms with Gasteiger partial charge in [-0.3, -0.25) is 9.59 Å². The van der Waals surface area contributed by atoms with Crippen LogP contribution in [-0.2, 0) is 9.59 Å². The number of benzene rings is 1. The van der Waals surface area contributed by atoms with E-state index >= 15 is 0 Å². The summed E-state index contributed by atoms with van der Waals surface area (Å²) in [5.41, 5.74) is 2.41. The van der Waals surface area contributed by atoms with Crippen molar-refractivity contribution in [1.29, 1.82) is 0 Å². The van der Waals surface area contributed by atoms with Gasteiger partial charge in [-0.15, -0.1) is 0 Å². The zero-order valence-electron chi connectivity index (χ0n) is 12.1. The normalized spacial score (nSPS) is 18.1. The van der Waals surface area contributed by atoms with Crippen molar-refractivity contribution in [2.45, 2.75) is 25.7 Å². The molecule has 1 aliphatic rings. The summed E-state index contributed by atoms with van der Waals surface area (Å²) in [6.07, 6.45) is 1.26. The van der Waals surface area contributed by atoms with Crippen molar-refractivity contribution in [2.75, 3.05) is 30.4 Å². The molecule has 0 radical (unpaired) electrons. The predicted molar refractivity (Wildman–Crippen MR) is 78.4 cm³/mol. The Kier molecular flexibility index (Phi) is 3.97. The molecule has 1 aliphatic heterocycles. The molecule has 0 aromatic heterocycles. The van der Waals surface area contributed by atoms with Gasteiger partial charge in [0.1, 0.15) is 0 Å². The quantitative estimate of drug-likeness (QED) is 0.898. The van der Waals surface area contributed by atoms with E-state index in [4.69, 9.17) is 0 Å². The Morgan fingerprint density at radius 2 is 2.05 bits per heavy atom. The lowest BCUT2D eigenvalue weighted by atomic mass is 9.93. The molecule has 5 heteroatoms. The Bertz CT molecular complexity index is 540. The fraction of sp³-hybridized carbons (Fsp3) is 0.467. The summed E-state index contributed by atoms with van der Waals surface area (Å²) < 4.78 is 0. The summed E-state index contributed by atoms with van der Waals surface area (Å²) in [5, 5.41) is 9.45. The minimum absolute atomic E-state index is 0.0464. The number of amides is 1. The number of fused-ring (bicyclic) bond motifs is 1. The first kappa shape index (κ1) is 14.4. The third-order valence-corrected chi connectivity index (χ3v) is 3.75. The summed E-state index contributed by atoms with van der Waals surface area (Å²) in [7, 11) is 3.83. The molecule has 1 aromatic carbocycles. The molecule has 0 fully saturated rings. The summed E-state index contributed by atoms with van der Waals surface area (Å²) in [4.78, 5) is 26.9. The van der Waals surface area contributed by atoms with Crippen molar-refractivity contribution in [3.63, 3.8) is 0 Å². The number of carbonyl (C=O) groups excluding carboxylic acids is 1. The topological polar surface area (TPSA) is 60.9 Å². The van der Waals surface area contributed by atoms with Crippen molar-refractivity contribution in [3.05, 3.63) is 23.8 Å². The molecule has 108 valence electrons. The monoisotopic (exact) mass is 276 g/mol. The zero-order chi connectivity index (χ0) is 14.9. The van der Waals surface area contributed by atoms with Crippen molar-refractivity contribution in [1.82, 2.24) is 0 Å².